The number of likely N-dealkylation sites (tertiary alicyclic amines) is 1. The van der Waals surface area contributed by atoms with Crippen LogP contribution in [-0.2, 0) is 16.1 Å². The maximum absolute atomic E-state index is 12.6. The second-order valence-corrected chi connectivity index (χ2v) is 7.60. The third-order valence-corrected chi connectivity index (χ3v) is 5.37. The van der Waals surface area contributed by atoms with Crippen molar-refractivity contribution in [3.63, 3.8) is 0 Å². The average Bonchev–Trinajstić information content (AvgIpc) is 3.06. The monoisotopic (exact) mass is 453 g/mol. The van der Waals surface area contributed by atoms with Crippen molar-refractivity contribution in [2.45, 2.75) is 32.4 Å². The van der Waals surface area contributed by atoms with Gasteiger partial charge in [-0.3, -0.25) is 14.5 Å². The Balaban J connectivity index is 1.46. The lowest BCUT2D eigenvalue weighted by atomic mass is 10.0. The van der Waals surface area contributed by atoms with Gasteiger partial charge in [0.2, 0.25) is 0 Å². The van der Waals surface area contributed by atoms with Crippen molar-refractivity contribution in [3.8, 4) is 5.75 Å². The number of carbonyl (C=O) groups is 2. The largest absolute Gasteiger partial charge is 0.519 e. The van der Waals surface area contributed by atoms with E-state index >= 15 is 0 Å². The Morgan fingerprint density at radius 3 is 2.61 bits per heavy atom. The van der Waals surface area contributed by atoms with Gasteiger partial charge in [-0.15, -0.1) is 0 Å². The molecule has 31 heavy (non-hydrogen) atoms. The minimum atomic E-state index is -0.827. The van der Waals surface area contributed by atoms with Crippen molar-refractivity contribution in [3.05, 3.63) is 44.9 Å². The molecule has 3 rings (SSSR count). The van der Waals surface area contributed by atoms with Crippen LogP contribution in [0.1, 0.15) is 34.7 Å². The second-order valence-electron chi connectivity index (χ2n) is 7.19. The summed E-state index contributed by atoms with van der Waals surface area (Å²) in [5.41, 5.74) is 6.40. The molecule has 168 valence electrons. The molecule has 1 aromatic heterocycles. The first-order valence-corrected chi connectivity index (χ1v) is 10.1. The van der Waals surface area contributed by atoms with Crippen molar-refractivity contribution in [1.29, 1.82) is 0 Å². The lowest BCUT2D eigenvalue weighted by Gasteiger charge is -2.31. The van der Waals surface area contributed by atoms with Gasteiger partial charge in [-0.05, 0) is 25.8 Å². The van der Waals surface area contributed by atoms with E-state index in [9.17, 15) is 14.4 Å². The fourth-order valence-electron chi connectivity index (χ4n) is 3.29. The van der Waals surface area contributed by atoms with E-state index in [1.165, 1.54) is 19.2 Å². The number of rotatable bonds is 7. The Morgan fingerprint density at radius 1 is 1.29 bits per heavy atom. The SMILES string of the molecule is COc1cc(N)c(Cl)cc1C(=O)NC1CCN(CC(=O)OCc2oc(=O)oc2C)CC1. The molecule has 1 amide bonds. The molecule has 0 spiro atoms. The molecule has 1 saturated heterocycles. The maximum atomic E-state index is 12.6. The number of hydrogen-bond donors (Lipinski definition) is 2. The van der Waals surface area contributed by atoms with Gasteiger partial charge >= 0.3 is 11.8 Å². The fourth-order valence-corrected chi connectivity index (χ4v) is 3.46. The normalized spacial score (nSPS) is 14.9. The van der Waals surface area contributed by atoms with Crippen LogP contribution in [0.3, 0.4) is 0 Å². The number of amides is 1. The Labute approximate surface area is 183 Å². The van der Waals surface area contributed by atoms with Crippen LogP contribution in [0.15, 0.2) is 25.8 Å². The van der Waals surface area contributed by atoms with Crippen LogP contribution in [0.2, 0.25) is 5.02 Å². The van der Waals surface area contributed by atoms with E-state index in [4.69, 9.17) is 35.6 Å². The van der Waals surface area contributed by atoms with Gasteiger partial charge in [-0.2, -0.15) is 0 Å². The number of nitrogens with zero attached hydrogens (tertiary/aromatic N) is 1. The average molecular weight is 454 g/mol. The molecule has 1 aliphatic heterocycles. The van der Waals surface area contributed by atoms with E-state index in [1.54, 1.807) is 6.92 Å². The lowest BCUT2D eigenvalue weighted by Crippen LogP contribution is -2.46. The molecule has 11 heteroatoms. The van der Waals surface area contributed by atoms with Gasteiger partial charge in [-0.1, -0.05) is 11.6 Å². The molecule has 0 radical (unpaired) electrons. The van der Waals surface area contributed by atoms with Gasteiger partial charge in [0, 0.05) is 25.2 Å². The molecular weight excluding hydrogens is 430 g/mol. The van der Waals surface area contributed by atoms with Crippen LogP contribution in [0.25, 0.3) is 0 Å². The maximum Gasteiger partial charge on any atom is 0.519 e. The summed E-state index contributed by atoms with van der Waals surface area (Å²) in [6.07, 6.45) is 1.33. The topological polar surface area (TPSA) is 137 Å². The molecule has 0 unspecified atom stereocenters. The van der Waals surface area contributed by atoms with E-state index in [0.717, 1.165) is 0 Å². The predicted octanol–water partition coefficient (Wildman–Crippen LogP) is 1.72. The highest BCUT2D eigenvalue weighted by Crippen LogP contribution is 2.29. The smallest absolute Gasteiger partial charge is 0.496 e. The quantitative estimate of drug-likeness (QED) is 0.474. The Hall–Kier alpha value is -2.98. The van der Waals surface area contributed by atoms with Gasteiger partial charge in [0.25, 0.3) is 5.91 Å². The number of methoxy groups -OCH3 is 1. The highest BCUT2D eigenvalue weighted by molar-refractivity contribution is 6.33. The zero-order chi connectivity index (χ0) is 22.5. The molecular formula is C20H24ClN3O7. The number of carbonyl (C=O) groups excluding carboxylic acids is 2. The van der Waals surface area contributed by atoms with E-state index in [2.05, 4.69) is 5.32 Å². The summed E-state index contributed by atoms with van der Waals surface area (Å²) in [5, 5.41) is 3.25. The Kier molecular flexibility index (Phi) is 7.24. The summed E-state index contributed by atoms with van der Waals surface area (Å²) < 4.78 is 19.9. The van der Waals surface area contributed by atoms with Crippen LogP contribution in [-0.4, -0.2) is 49.6 Å². The molecule has 0 atom stereocenters. The molecule has 1 fully saturated rings. The number of benzene rings is 1. The minimum Gasteiger partial charge on any atom is -0.496 e. The Bertz CT molecular complexity index is 1010. The molecule has 10 nitrogen and oxygen atoms in total. The zero-order valence-corrected chi connectivity index (χ0v) is 18.0. The lowest BCUT2D eigenvalue weighted by molar-refractivity contribution is -0.147. The van der Waals surface area contributed by atoms with Crippen LogP contribution in [0.5, 0.6) is 5.75 Å². The molecule has 0 aliphatic carbocycles. The molecule has 1 aromatic carbocycles. The van der Waals surface area contributed by atoms with Crippen LogP contribution < -0.4 is 21.6 Å². The number of nitrogens with one attached hydrogen (secondary N) is 1. The molecule has 2 aromatic rings. The van der Waals surface area contributed by atoms with Gasteiger partial charge in [-0.25, -0.2) is 4.79 Å². The summed E-state index contributed by atoms with van der Waals surface area (Å²) in [6.45, 7) is 2.72. The molecule has 2 heterocycles. The number of ether oxygens (including phenoxy) is 2. The number of anilines is 1. The van der Waals surface area contributed by atoms with Crippen molar-refractivity contribution in [2.24, 2.45) is 0 Å². The van der Waals surface area contributed by atoms with Crippen molar-refractivity contribution in [2.75, 3.05) is 32.5 Å². The van der Waals surface area contributed by atoms with Crippen LogP contribution >= 0.6 is 11.6 Å². The summed E-state index contributed by atoms with van der Waals surface area (Å²) in [4.78, 5) is 37.6. The van der Waals surface area contributed by atoms with E-state index < -0.39 is 11.8 Å². The van der Waals surface area contributed by atoms with E-state index in [-0.39, 0.29) is 41.6 Å². The number of esters is 1. The summed E-state index contributed by atoms with van der Waals surface area (Å²) in [7, 11) is 1.46. The van der Waals surface area contributed by atoms with Crippen LogP contribution in [0.4, 0.5) is 5.69 Å². The fraction of sp³-hybridized carbons (Fsp3) is 0.450. The standard InChI is InChI=1S/C20H24ClN3O7/c1-11-17(31-20(27)30-11)10-29-18(25)9-24-5-3-12(4-6-24)23-19(26)13-7-14(21)15(22)8-16(13)28-2/h7-8,12H,3-6,9-10,22H2,1-2H3,(H,23,26). The van der Waals surface area contributed by atoms with E-state index in [1.807, 2.05) is 4.90 Å². The van der Waals surface area contributed by atoms with Gasteiger partial charge in [0.05, 0.1) is 29.9 Å². The van der Waals surface area contributed by atoms with Gasteiger partial charge in [0.15, 0.2) is 18.1 Å². The number of nitrogen functional groups attached to an aromatic ring is 1. The van der Waals surface area contributed by atoms with E-state index in [0.29, 0.717) is 42.9 Å². The molecule has 0 saturated carbocycles. The number of nitrogens with two attached hydrogens (primary N) is 1. The summed E-state index contributed by atoms with van der Waals surface area (Å²) >= 11 is 6.03. The number of halogens is 1. The zero-order valence-electron chi connectivity index (χ0n) is 17.2. The van der Waals surface area contributed by atoms with Crippen LogP contribution in [0, 0.1) is 6.92 Å². The number of aryl methyl sites for hydroxylation is 1. The van der Waals surface area contributed by atoms with Crippen molar-refractivity contribution < 1.29 is 27.9 Å². The molecule has 3 N–H and O–H groups in total. The first-order chi connectivity index (χ1) is 14.8. The molecule has 1 aliphatic rings. The predicted molar refractivity (Wildman–Crippen MR) is 111 cm³/mol. The third-order valence-electron chi connectivity index (χ3n) is 5.04. The highest BCUT2D eigenvalue weighted by Gasteiger charge is 2.24. The summed E-state index contributed by atoms with van der Waals surface area (Å²) in [6, 6.07) is 2.95. The third kappa shape index (κ3) is 5.80. The second kappa shape index (κ2) is 9.88. The van der Waals surface area contributed by atoms with Gasteiger partial charge < -0.3 is 29.4 Å². The number of piperidine rings is 1. The highest BCUT2D eigenvalue weighted by atomic mass is 35.5. The minimum absolute atomic E-state index is 0.0522. The van der Waals surface area contributed by atoms with Gasteiger partial charge in [0.1, 0.15) is 5.75 Å². The van der Waals surface area contributed by atoms with Crippen molar-refractivity contribution in [1.82, 2.24) is 10.2 Å². The van der Waals surface area contributed by atoms with Crippen molar-refractivity contribution >= 4 is 29.2 Å². The first kappa shape index (κ1) is 22.7. The molecule has 0 bridgehead atoms. The number of hydrogen-bond acceptors (Lipinski definition) is 9. The first-order valence-electron chi connectivity index (χ1n) is 9.68. The Morgan fingerprint density at radius 2 is 2.00 bits per heavy atom. The summed E-state index contributed by atoms with van der Waals surface area (Å²) in [5.74, 6) is -0.735.